The van der Waals surface area contributed by atoms with E-state index in [9.17, 15) is 34.8 Å². The lowest BCUT2D eigenvalue weighted by molar-refractivity contribution is -0.173. The number of benzene rings is 2. The van der Waals surface area contributed by atoms with Crippen molar-refractivity contribution in [3.05, 3.63) is 59.7 Å². The third kappa shape index (κ3) is 6.94. The number of nitrogens with one attached hydrogen (secondary N) is 2. The highest BCUT2D eigenvalue weighted by Gasteiger charge is 2.45. The third-order valence-electron chi connectivity index (χ3n) is 7.08. The minimum Gasteiger partial charge on any atom is -0.481 e. The minimum absolute atomic E-state index is 0.0945. The predicted octanol–water partition coefficient (Wildman–Crippen LogP) is 1.44. The summed E-state index contributed by atoms with van der Waals surface area (Å²) in [5, 5.41) is 44.8. The Bertz CT molecular complexity index is 1170. The van der Waals surface area contributed by atoms with Crippen LogP contribution in [0.4, 0.5) is 4.79 Å². The minimum atomic E-state index is -1.42. The van der Waals surface area contributed by atoms with Gasteiger partial charge in [0.25, 0.3) is 0 Å². The number of aliphatic hydroxyl groups is 3. The van der Waals surface area contributed by atoms with Gasteiger partial charge in [-0.25, -0.2) is 4.79 Å². The number of carboxylic acid groups (broad SMARTS) is 1. The van der Waals surface area contributed by atoms with E-state index in [-0.39, 0.29) is 31.1 Å². The average Bonchev–Trinajstić information content (AvgIpc) is 3.25. The van der Waals surface area contributed by atoms with Crippen LogP contribution in [-0.4, -0.2) is 93.2 Å². The third-order valence-corrected chi connectivity index (χ3v) is 8.41. The van der Waals surface area contributed by atoms with Crippen LogP contribution in [0.2, 0.25) is 0 Å². The van der Waals surface area contributed by atoms with Gasteiger partial charge in [0.15, 0.2) is 0 Å². The Hall–Kier alpha value is -3.16. The zero-order chi connectivity index (χ0) is 28.8. The van der Waals surface area contributed by atoms with E-state index in [0.717, 1.165) is 34.0 Å². The molecule has 12 heteroatoms. The number of rotatable bonds is 11. The van der Waals surface area contributed by atoms with E-state index < -0.39 is 60.4 Å². The van der Waals surface area contributed by atoms with Gasteiger partial charge >= 0.3 is 12.1 Å². The van der Waals surface area contributed by atoms with E-state index in [4.69, 9.17) is 9.47 Å². The Labute approximate surface area is 235 Å². The number of thioether (sulfide) groups is 1. The number of carboxylic acids is 1. The fourth-order valence-electron chi connectivity index (χ4n) is 5.13. The zero-order valence-electron chi connectivity index (χ0n) is 21.9. The van der Waals surface area contributed by atoms with E-state index in [2.05, 4.69) is 10.6 Å². The van der Waals surface area contributed by atoms with Crippen LogP contribution >= 0.6 is 11.8 Å². The molecule has 0 saturated carbocycles. The molecule has 11 nitrogen and oxygen atoms in total. The molecule has 6 N–H and O–H groups in total. The molecule has 0 radical (unpaired) electrons. The van der Waals surface area contributed by atoms with Crippen molar-refractivity contribution in [2.24, 2.45) is 0 Å². The zero-order valence-corrected chi connectivity index (χ0v) is 22.8. The number of aliphatic hydroxyl groups excluding tert-OH is 3. The first-order valence-electron chi connectivity index (χ1n) is 13.0. The molecule has 4 rings (SSSR count). The molecule has 1 heterocycles. The second-order valence-corrected chi connectivity index (χ2v) is 11.0. The monoisotopic (exact) mass is 574 g/mol. The maximum atomic E-state index is 12.8. The number of fused-ring (bicyclic) bond motifs is 3. The fourth-order valence-corrected chi connectivity index (χ4v) is 6.46. The van der Waals surface area contributed by atoms with Crippen LogP contribution < -0.4 is 10.6 Å². The molecular formula is C28H34N2O9S. The van der Waals surface area contributed by atoms with Crippen LogP contribution in [0.25, 0.3) is 11.1 Å². The molecule has 1 fully saturated rings. The molecular weight excluding hydrogens is 540 g/mol. The van der Waals surface area contributed by atoms with E-state index in [1.165, 1.54) is 6.92 Å². The number of amides is 2. The summed E-state index contributed by atoms with van der Waals surface area (Å²) in [4.78, 5) is 35.8. The second kappa shape index (κ2) is 13.5. The number of ether oxygens (including phenoxy) is 2. The van der Waals surface area contributed by atoms with Crippen molar-refractivity contribution >= 4 is 29.7 Å². The van der Waals surface area contributed by atoms with Gasteiger partial charge in [-0.15, -0.1) is 11.8 Å². The number of carbonyl (C=O) groups is 3. The van der Waals surface area contributed by atoms with Gasteiger partial charge in [0.2, 0.25) is 5.91 Å². The molecule has 1 aliphatic heterocycles. The topological polar surface area (TPSA) is 175 Å². The van der Waals surface area contributed by atoms with Gasteiger partial charge in [-0.2, -0.15) is 0 Å². The molecule has 40 heavy (non-hydrogen) atoms. The molecule has 0 spiro atoms. The first-order chi connectivity index (χ1) is 19.2. The van der Waals surface area contributed by atoms with Gasteiger partial charge in [0, 0.05) is 31.1 Å². The van der Waals surface area contributed by atoms with Crippen molar-refractivity contribution in [3.8, 4) is 11.1 Å². The largest absolute Gasteiger partial charge is 0.481 e. The van der Waals surface area contributed by atoms with Gasteiger partial charge in [0.05, 0.1) is 12.6 Å². The highest BCUT2D eigenvalue weighted by atomic mass is 32.2. The summed E-state index contributed by atoms with van der Waals surface area (Å²) in [6.45, 7) is 0.799. The van der Waals surface area contributed by atoms with Crippen molar-refractivity contribution in [2.75, 3.05) is 19.0 Å². The van der Waals surface area contributed by atoms with Gasteiger partial charge in [-0.1, -0.05) is 48.5 Å². The van der Waals surface area contributed by atoms with Gasteiger partial charge < -0.3 is 40.5 Å². The van der Waals surface area contributed by atoms with Crippen LogP contribution in [0.1, 0.15) is 36.8 Å². The first-order valence-corrected chi connectivity index (χ1v) is 14.1. The lowest BCUT2D eigenvalue weighted by Gasteiger charge is -2.42. The molecule has 2 aromatic carbocycles. The fraction of sp³-hybridized carbons (Fsp3) is 0.464. The summed E-state index contributed by atoms with van der Waals surface area (Å²) in [6.07, 6.45) is -4.72. The first kappa shape index (κ1) is 29.8. The molecule has 6 atom stereocenters. The number of alkyl carbamates (subject to hydrolysis) is 1. The second-order valence-electron chi connectivity index (χ2n) is 9.87. The molecule has 0 unspecified atom stereocenters. The molecule has 2 aliphatic rings. The quantitative estimate of drug-likeness (QED) is 0.230. The lowest BCUT2D eigenvalue weighted by Crippen LogP contribution is -2.63. The Morgan fingerprint density at radius 1 is 1.02 bits per heavy atom. The summed E-state index contributed by atoms with van der Waals surface area (Å²) in [5.74, 6) is -1.47. The number of aliphatic carboxylic acids is 1. The Morgan fingerprint density at radius 2 is 1.65 bits per heavy atom. The lowest BCUT2D eigenvalue weighted by atomic mass is 9.98. The number of hydrogen-bond donors (Lipinski definition) is 6. The summed E-state index contributed by atoms with van der Waals surface area (Å²) < 4.78 is 11.3. The Morgan fingerprint density at radius 3 is 2.23 bits per heavy atom. The molecule has 1 aliphatic carbocycles. The van der Waals surface area contributed by atoms with Crippen molar-refractivity contribution in [3.63, 3.8) is 0 Å². The Balaban J connectivity index is 1.40. The summed E-state index contributed by atoms with van der Waals surface area (Å²) >= 11 is 1.12. The van der Waals surface area contributed by atoms with Gasteiger partial charge in [-0.05, 0) is 28.7 Å². The highest BCUT2D eigenvalue weighted by molar-refractivity contribution is 7.99. The van der Waals surface area contributed by atoms with E-state index >= 15 is 0 Å². The molecule has 0 bridgehead atoms. The van der Waals surface area contributed by atoms with E-state index in [0.29, 0.717) is 0 Å². The molecule has 216 valence electrons. The smallest absolute Gasteiger partial charge is 0.407 e. The van der Waals surface area contributed by atoms with E-state index in [1.807, 2.05) is 48.5 Å². The van der Waals surface area contributed by atoms with Gasteiger partial charge in [-0.3, -0.25) is 9.59 Å². The van der Waals surface area contributed by atoms with Crippen LogP contribution in [0.3, 0.4) is 0 Å². The highest BCUT2D eigenvalue weighted by Crippen LogP contribution is 2.44. The van der Waals surface area contributed by atoms with Crippen LogP contribution in [-0.2, 0) is 19.1 Å². The number of hydrogen-bond acceptors (Lipinski definition) is 9. The van der Waals surface area contributed by atoms with Crippen LogP contribution in [0.15, 0.2) is 48.5 Å². The molecule has 1 saturated heterocycles. The van der Waals surface area contributed by atoms with Crippen molar-refractivity contribution in [1.82, 2.24) is 10.6 Å². The Kier molecular flexibility index (Phi) is 10.0. The standard InChI is InChI=1S/C28H34N2O9S/c1-15(32)29-24-26(36)25(35)22(12-31)39-27(24)40-14-16(10-11-23(33)34)30-28(37)38-13-21-19-8-4-2-6-17(19)18-7-3-5-9-20(18)21/h2-9,16,21-22,24-27,31,35-36H,10-14H2,1H3,(H,29,32)(H,30,37)(H,33,34)/t16-,22+,24+,25+,26+,27-/m0/s1. The van der Waals surface area contributed by atoms with Crippen LogP contribution in [0, 0.1) is 0 Å². The van der Waals surface area contributed by atoms with E-state index in [1.54, 1.807) is 0 Å². The van der Waals surface area contributed by atoms with Crippen molar-refractivity contribution in [1.29, 1.82) is 0 Å². The van der Waals surface area contributed by atoms with Gasteiger partial charge in [0.1, 0.15) is 30.4 Å². The molecule has 2 aromatic rings. The maximum absolute atomic E-state index is 12.8. The van der Waals surface area contributed by atoms with Crippen LogP contribution in [0.5, 0.6) is 0 Å². The SMILES string of the molecule is CC(=O)N[C@@H]1[C@@H](O)[C@H](O)[C@@H](CO)O[C@H]1SC[C@H](CCC(=O)O)NC(=O)OCC1c2ccccc2-c2ccccc21. The molecule has 0 aromatic heterocycles. The molecule has 2 amide bonds. The van der Waals surface area contributed by atoms with Crippen molar-refractivity contribution in [2.45, 2.75) is 61.5 Å². The number of carbonyl (C=O) groups excluding carboxylic acids is 2. The summed E-state index contributed by atoms with van der Waals surface area (Å²) in [7, 11) is 0. The summed E-state index contributed by atoms with van der Waals surface area (Å²) in [5.41, 5.74) is 3.44. The van der Waals surface area contributed by atoms with Crippen molar-refractivity contribution < 1.29 is 44.3 Å². The maximum Gasteiger partial charge on any atom is 0.407 e. The normalized spacial score (nSPS) is 24.4. The summed E-state index contributed by atoms with van der Waals surface area (Å²) in [6, 6.07) is 14.3. The predicted molar refractivity (Wildman–Crippen MR) is 147 cm³/mol. The average molecular weight is 575 g/mol.